The van der Waals surface area contributed by atoms with Crippen molar-refractivity contribution in [3.05, 3.63) is 72.8 Å². The summed E-state index contributed by atoms with van der Waals surface area (Å²) in [6, 6.07) is 12.6. The van der Waals surface area contributed by atoms with Crippen LogP contribution in [-0.2, 0) is 0 Å². The van der Waals surface area contributed by atoms with Crippen LogP contribution in [0, 0.1) is 5.41 Å². The normalized spacial score (nSPS) is 15.3. The average molecular weight is 250 g/mol. The van der Waals surface area contributed by atoms with Gasteiger partial charge in [-0.1, -0.05) is 36.9 Å². The zero-order valence-corrected chi connectivity index (χ0v) is 10.1. The molecule has 0 saturated heterocycles. The number of rotatable bonds is 3. The quantitative estimate of drug-likeness (QED) is 0.531. The highest BCUT2D eigenvalue weighted by Gasteiger charge is 2.07. The molecule has 2 aromatic carbocycles. The Morgan fingerprint density at radius 2 is 2.05 bits per heavy atom. The van der Waals surface area contributed by atoms with E-state index in [-0.39, 0.29) is 17.8 Å². The van der Waals surface area contributed by atoms with Crippen LogP contribution < -0.4 is 0 Å². The molecule has 0 amide bonds. The monoisotopic (exact) mass is 250 g/mol. The van der Waals surface area contributed by atoms with E-state index in [4.69, 9.17) is 13.9 Å². The van der Waals surface area contributed by atoms with Crippen molar-refractivity contribution in [1.82, 2.24) is 0 Å². The van der Waals surface area contributed by atoms with Gasteiger partial charge in [-0.25, -0.2) is 0 Å². The van der Waals surface area contributed by atoms with Crippen LogP contribution in [-0.4, -0.2) is 5.71 Å². The molecule has 0 fully saturated rings. The lowest BCUT2D eigenvalue weighted by molar-refractivity contribution is 0.669. The summed E-state index contributed by atoms with van der Waals surface area (Å²) >= 11 is 0. The van der Waals surface area contributed by atoms with Gasteiger partial charge in [0.1, 0.15) is 11.2 Å². The van der Waals surface area contributed by atoms with Crippen molar-refractivity contribution < 1.29 is 8.53 Å². The number of benzene rings is 2. The lowest BCUT2D eigenvalue weighted by Gasteiger charge is -1.98. The van der Waals surface area contributed by atoms with Crippen molar-refractivity contribution >= 4 is 27.7 Å². The van der Waals surface area contributed by atoms with E-state index in [0.29, 0.717) is 5.56 Å². The highest BCUT2D eigenvalue weighted by Crippen LogP contribution is 2.29. The van der Waals surface area contributed by atoms with Crippen LogP contribution in [0.4, 0.5) is 0 Å². The van der Waals surface area contributed by atoms with E-state index in [1.807, 2.05) is 24.3 Å². The molecule has 0 unspecified atom stereocenters. The van der Waals surface area contributed by atoms with Crippen LogP contribution in [0.2, 0.25) is 0 Å². The van der Waals surface area contributed by atoms with Gasteiger partial charge in [0, 0.05) is 16.3 Å². The van der Waals surface area contributed by atoms with Crippen molar-refractivity contribution in [1.29, 1.82) is 5.41 Å². The average Bonchev–Trinajstić information content (AvgIpc) is 2.91. The summed E-state index contributed by atoms with van der Waals surface area (Å²) in [6.45, 7) is 0.941. The smallest absolute Gasteiger partial charge is 0.135 e. The minimum absolute atomic E-state index is 0.0460. The van der Waals surface area contributed by atoms with Gasteiger partial charge in [-0.3, -0.25) is 0 Å². The Labute approximate surface area is 115 Å². The van der Waals surface area contributed by atoms with Crippen LogP contribution in [0.5, 0.6) is 0 Å². The molecule has 2 nitrogen and oxygen atoms in total. The number of furan rings is 1. The molecule has 0 aliphatic heterocycles. The number of para-hydroxylation sites is 1. The fourth-order valence-electron chi connectivity index (χ4n) is 2.07. The highest BCUT2D eigenvalue weighted by atomic mass is 16.3. The lowest BCUT2D eigenvalue weighted by Crippen LogP contribution is -1.93. The van der Waals surface area contributed by atoms with Crippen molar-refractivity contribution in [2.45, 2.75) is 0 Å². The van der Waals surface area contributed by atoms with Crippen LogP contribution >= 0.6 is 0 Å². The number of allylic oxidation sites excluding steroid dienone is 3. The SMILES string of the molecule is [2H]C=C/C([2H])=C(/[2H])C(=N)c1ccc2oc3ccccc3c2c1. The minimum atomic E-state index is -0.212. The predicted molar refractivity (Wildman–Crippen MR) is 79.9 cm³/mol. The molecule has 2 heteroatoms. The van der Waals surface area contributed by atoms with Gasteiger partial charge in [-0.05, 0) is 30.3 Å². The minimum Gasteiger partial charge on any atom is -0.456 e. The molecule has 0 aliphatic rings. The summed E-state index contributed by atoms with van der Waals surface area (Å²) in [5, 5.41) is 9.93. The van der Waals surface area contributed by atoms with Crippen molar-refractivity contribution in [2.24, 2.45) is 0 Å². The first-order valence-corrected chi connectivity index (χ1v) is 5.85. The third kappa shape index (κ3) is 1.97. The molecule has 92 valence electrons. The van der Waals surface area contributed by atoms with Crippen LogP contribution in [0.25, 0.3) is 21.9 Å². The molecule has 0 radical (unpaired) electrons. The molecule has 3 aromatic rings. The fraction of sp³-hybridized carbons (Fsp3) is 0. The number of hydrogen-bond acceptors (Lipinski definition) is 2. The fourth-order valence-corrected chi connectivity index (χ4v) is 2.07. The molecule has 19 heavy (non-hydrogen) atoms. The molecule has 1 aromatic heterocycles. The maximum absolute atomic E-state index is 8.09. The van der Waals surface area contributed by atoms with E-state index in [1.165, 1.54) is 6.08 Å². The summed E-state index contributed by atoms with van der Waals surface area (Å²) in [6.07, 6.45) is 1.18. The lowest BCUT2D eigenvalue weighted by atomic mass is 10.1. The van der Waals surface area contributed by atoms with Gasteiger partial charge in [0.25, 0.3) is 0 Å². The third-order valence-electron chi connectivity index (χ3n) is 2.95. The largest absolute Gasteiger partial charge is 0.456 e. The topological polar surface area (TPSA) is 37.0 Å². The summed E-state index contributed by atoms with van der Waals surface area (Å²) in [4.78, 5) is 0. The van der Waals surface area contributed by atoms with Crippen molar-refractivity contribution in [3.63, 3.8) is 0 Å². The van der Waals surface area contributed by atoms with E-state index < -0.39 is 0 Å². The molecule has 0 aliphatic carbocycles. The second kappa shape index (κ2) is 4.58. The van der Waals surface area contributed by atoms with E-state index in [2.05, 4.69) is 0 Å². The van der Waals surface area contributed by atoms with Gasteiger partial charge in [-0.2, -0.15) is 0 Å². The number of nitrogens with one attached hydrogen (secondary N) is 1. The second-order valence-electron chi connectivity index (χ2n) is 4.12. The molecule has 3 rings (SSSR count). The van der Waals surface area contributed by atoms with E-state index in [9.17, 15) is 0 Å². The number of hydrogen-bond donors (Lipinski definition) is 1. The van der Waals surface area contributed by atoms with E-state index in [0.717, 1.165) is 28.5 Å². The molecular weight excluding hydrogens is 234 g/mol. The summed E-state index contributed by atoms with van der Waals surface area (Å²) in [5.41, 5.74) is 2.01. The molecule has 0 atom stereocenters. The summed E-state index contributed by atoms with van der Waals surface area (Å²) in [7, 11) is 0. The van der Waals surface area contributed by atoms with Gasteiger partial charge in [0.2, 0.25) is 0 Å². The molecule has 1 heterocycles. The van der Waals surface area contributed by atoms with Crippen molar-refractivity contribution in [2.75, 3.05) is 0 Å². The molecule has 0 saturated carbocycles. The Morgan fingerprint density at radius 3 is 2.95 bits per heavy atom. The van der Waals surface area contributed by atoms with Gasteiger partial charge >= 0.3 is 0 Å². The summed E-state index contributed by atoms with van der Waals surface area (Å²) < 4.78 is 28.2. The number of fused-ring (bicyclic) bond motifs is 3. The van der Waals surface area contributed by atoms with Crippen LogP contribution in [0.3, 0.4) is 0 Å². The first-order valence-electron chi connectivity index (χ1n) is 7.42. The molecule has 0 bridgehead atoms. The molecular formula is C17H13NO. The third-order valence-corrected chi connectivity index (χ3v) is 2.95. The van der Waals surface area contributed by atoms with Crippen molar-refractivity contribution in [3.8, 4) is 0 Å². The van der Waals surface area contributed by atoms with E-state index >= 15 is 0 Å². The second-order valence-corrected chi connectivity index (χ2v) is 4.12. The Bertz CT molecular complexity index is 937. The van der Waals surface area contributed by atoms with Gasteiger partial charge in [0.15, 0.2) is 0 Å². The molecule has 0 spiro atoms. The van der Waals surface area contributed by atoms with Gasteiger partial charge in [0.05, 0.1) is 9.82 Å². The Hall–Kier alpha value is -2.61. The van der Waals surface area contributed by atoms with Crippen LogP contribution in [0.1, 0.15) is 9.68 Å². The maximum Gasteiger partial charge on any atom is 0.135 e. The highest BCUT2D eigenvalue weighted by molar-refractivity contribution is 6.12. The Balaban J connectivity index is 2.14. The summed E-state index contributed by atoms with van der Waals surface area (Å²) in [5.74, 6) is 0. The predicted octanol–water partition coefficient (Wildman–Crippen LogP) is 4.70. The Morgan fingerprint density at radius 1 is 1.21 bits per heavy atom. The molecule has 1 N–H and O–H groups in total. The zero-order valence-electron chi connectivity index (χ0n) is 13.1. The first-order chi connectivity index (χ1) is 10.6. The van der Waals surface area contributed by atoms with E-state index in [1.54, 1.807) is 18.2 Å². The van der Waals surface area contributed by atoms with Crippen LogP contribution in [0.15, 0.2) is 71.6 Å². The first kappa shape index (κ1) is 8.48. The van der Waals surface area contributed by atoms with Gasteiger partial charge < -0.3 is 9.83 Å². The zero-order chi connectivity index (χ0) is 15.7. The maximum atomic E-state index is 8.09. The van der Waals surface area contributed by atoms with Gasteiger partial charge in [-0.15, -0.1) is 0 Å². The Kier molecular flexibility index (Phi) is 2.04. The standard InChI is InChI=1S/C17H13NO/c1-2-3-7-15(18)12-9-10-17-14(11-12)13-6-4-5-8-16(13)19-17/h2-11,18H,1H2/b7-3-,18-15?/i1D,3D,7D/b2-1?,7-3-,18-15?.